The summed E-state index contributed by atoms with van der Waals surface area (Å²) < 4.78 is 12.8. The van der Waals surface area contributed by atoms with Gasteiger partial charge in [0.2, 0.25) is 0 Å². The van der Waals surface area contributed by atoms with Crippen LogP contribution in [0, 0.1) is 15.9 Å². The van der Waals surface area contributed by atoms with Gasteiger partial charge in [-0.2, -0.15) is 0 Å². The minimum Gasteiger partial charge on any atom is -0.391 e. The summed E-state index contributed by atoms with van der Waals surface area (Å²) in [4.78, 5) is 9.88. The fraction of sp³-hybridized carbons (Fsp3) is 0.333. The molecule has 1 rings (SSSR count). The van der Waals surface area contributed by atoms with E-state index >= 15 is 0 Å². The molecular weight excluding hydrogens is 203 g/mol. The molecule has 15 heavy (non-hydrogen) atoms. The average molecular weight is 214 g/mol. The predicted molar refractivity (Wildman–Crippen MR) is 51.7 cm³/mol. The molecule has 3 N–H and O–H groups in total. The van der Waals surface area contributed by atoms with Crippen LogP contribution in [0.4, 0.5) is 10.1 Å². The second kappa shape index (κ2) is 4.33. The maximum Gasteiger partial charge on any atom is 0.277 e. The van der Waals surface area contributed by atoms with E-state index in [1.165, 1.54) is 13.0 Å². The fourth-order valence-corrected chi connectivity index (χ4v) is 1.22. The van der Waals surface area contributed by atoms with Crippen LogP contribution in [-0.2, 0) is 0 Å². The normalized spacial score (nSPS) is 14.7. The standard InChI is InChI=1S/C9H11FN2O3/c1-5(13)9(11)7-3-2-6(10)4-8(7)12(14)15/h2-5,9,13H,11H2,1H3/t5-,9-/m0/s1. The minimum atomic E-state index is -0.936. The Hall–Kier alpha value is -1.53. The van der Waals surface area contributed by atoms with Crippen LogP contribution in [0.15, 0.2) is 18.2 Å². The molecule has 0 radical (unpaired) electrons. The number of aliphatic hydroxyl groups is 1. The number of hydrogen-bond acceptors (Lipinski definition) is 4. The Morgan fingerprint density at radius 3 is 2.67 bits per heavy atom. The number of nitro benzene ring substituents is 1. The topological polar surface area (TPSA) is 89.4 Å². The van der Waals surface area contributed by atoms with Crippen molar-refractivity contribution in [2.45, 2.75) is 19.1 Å². The van der Waals surface area contributed by atoms with Crippen molar-refractivity contribution in [3.8, 4) is 0 Å². The summed E-state index contributed by atoms with van der Waals surface area (Å²) in [5.74, 6) is -0.705. The molecule has 1 aromatic rings. The first-order chi connectivity index (χ1) is 6.93. The van der Waals surface area contributed by atoms with Gasteiger partial charge in [-0.15, -0.1) is 0 Å². The van der Waals surface area contributed by atoms with Gasteiger partial charge in [0.1, 0.15) is 5.82 Å². The van der Waals surface area contributed by atoms with Gasteiger partial charge in [-0.05, 0) is 19.1 Å². The van der Waals surface area contributed by atoms with E-state index in [0.717, 1.165) is 12.1 Å². The first kappa shape index (κ1) is 11.5. The van der Waals surface area contributed by atoms with E-state index in [0.29, 0.717) is 0 Å². The fourth-order valence-electron chi connectivity index (χ4n) is 1.22. The van der Waals surface area contributed by atoms with Gasteiger partial charge in [0.05, 0.1) is 23.1 Å². The van der Waals surface area contributed by atoms with E-state index in [9.17, 15) is 19.6 Å². The van der Waals surface area contributed by atoms with E-state index in [4.69, 9.17) is 5.73 Å². The Kier molecular flexibility index (Phi) is 3.33. The largest absolute Gasteiger partial charge is 0.391 e. The van der Waals surface area contributed by atoms with E-state index in [-0.39, 0.29) is 5.56 Å². The van der Waals surface area contributed by atoms with E-state index in [1.807, 2.05) is 0 Å². The highest BCUT2D eigenvalue weighted by Crippen LogP contribution is 2.26. The number of halogens is 1. The van der Waals surface area contributed by atoms with Crippen LogP contribution in [-0.4, -0.2) is 16.1 Å². The zero-order chi connectivity index (χ0) is 11.6. The highest BCUT2D eigenvalue weighted by atomic mass is 19.1. The summed E-state index contributed by atoms with van der Waals surface area (Å²) in [5, 5.41) is 19.8. The first-order valence-corrected chi connectivity index (χ1v) is 4.31. The maximum atomic E-state index is 12.8. The van der Waals surface area contributed by atoms with Crippen molar-refractivity contribution in [1.29, 1.82) is 0 Å². The molecule has 0 heterocycles. The molecule has 2 atom stereocenters. The molecule has 0 aliphatic carbocycles. The molecule has 82 valence electrons. The monoisotopic (exact) mass is 214 g/mol. The van der Waals surface area contributed by atoms with Crippen LogP contribution >= 0.6 is 0 Å². The molecule has 0 spiro atoms. The van der Waals surface area contributed by atoms with E-state index in [2.05, 4.69) is 0 Å². The number of hydrogen-bond donors (Lipinski definition) is 2. The van der Waals surface area contributed by atoms with Gasteiger partial charge in [-0.3, -0.25) is 10.1 Å². The lowest BCUT2D eigenvalue weighted by Crippen LogP contribution is -2.24. The summed E-state index contributed by atoms with van der Waals surface area (Å²) in [5.41, 5.74) is 5.26. The molecule has 5 nitrogen and oxygen atoms in total. The molecule has 0 unspecified atom stereocenters. The molecule has 0 saturated carbocycles. The first-order valence-electron chi connectivity index (χ1n) is 4.31. The third-order valence-corrected chi connectivity index (χ3v) is 2.07. The van der Waals surface area contributed by atoms with Crippen LogP contribution in [0.5, 0.6) is 0 Å². The minimum absolute atomic E-state index is 0.122. The third-order valence-electron chi connectivity index (χ3n) is 2.07. The van der Waals surface area contributed by atoms with Crippen LogP contribution in [0.1, 0.15) is 18.5 Å². The summed E-state index contributed by atoms with van der Waals surface area (Å²) in [6.07, 6.45) is -0.936. The van der Waals surface area contributed by atoms with Gasteiger partial charge >= 0.3 is 0 Å². The van der Waals surface area contributed by atoms with Crippen molar-refractivity contribution in [3.05, 3.63) is 39.7 Å². The molecule has 0 aliphatic rings. The SMILES string of the molecule is C[C@H](O)[C@H](N)c1ccc(F)cc1[N+](=O)[O-]. The lowest BCUT2D eigenvalue weighted by atomic mass is 10.0. The van der Waals surface area contributed by atoms with Crippen molar-refractivity contribution in [1.82, 2.24) is 0 Å². The second-order valence-corrected chi connectivity index (χ2v) is 3.23. The zero-order valence-electron chi connectivity index (χ0n) is 8.05. The third kappa shape index (κ3) is 2.48. The number of benzene rings is 1. The lowest BCUT2D eigenvalue weighted by molar-refractivity contribution is -0.386. The molecule has 0 bridgehead atoms. The molecule has 0 aromatic heterocycles. The van der Waals surface area contributed by atoms with Crippen LogP contribution < -0.4 is 5.73 Å². The Balaban J connectivity index is 3.22. The highest BCUT2D eigenvalue weighted by Gasteiger charge is 2.22. The number of nitro groups is 1. The second-order valence-electron chi connectivity index (χ2n) is 3.23. The lowest BCUT2D eigenvalue weighted by Gasteiger charge is -2.14. The Bertz CT molecular complexity index is 382. The maximum absolute atomic E-state index is 12.8. The number of rotatable bonds is 3. The molecular formula is C9H11FN2O3. The summed E-state index contributed by atoms with van der Waals surface area (Å²) >= 11 is 0. The molecule has 0 fully saturated rings. The number of aliphatic hydroxyl groups excluding tert-OH is 1. The van der Waals surface area contributed by atoms with Crippen molar-refractivity contribution in [2.24, 2.45) is 5.73 Å². The van der Waals surface area contributed by atoms with Gasteiger partial charge < -0.3 is 10.8 Å². The zero-order valence-corrected chi connectivity index (χ0v) is 8.05. The Morgan fingerprint density at radius 1 is 1.60 bits per heavy atom. The van der Waals surface area contributed by atoms with Gasteiger partial charge in [-0.25, -0.2) is 4.39 Å². The smallest absolute Gasteiger partial charge is 0.277 e. The number of nitrogens with two attached hydrogens (primary N) is 1. The van der Waals surface area contributed by atoms with Crippen molar-refractivity contribution < 1.29 is 14.4 Å². The van der Waals surface area contributed by atoms with Gasteiger partial charge in [0, 0.05) is 5.56 Å². The van der Waals surface area contributed by atoms with Gasteiger partial charge in [0.25, 0.3) is 5.69 Å². The molecule has 6 heteroatoms. The number of nitrogens with zero attached hydrogens (tertiary/aromatic N) is 1. The molecule has 0 amide bonds. The summed E-state index contributed by atoms with van der Waals surface area (Å²) in [6.45, 7) is 1.41. The van der Waals surface area contributed by atoms with Crippen molar-refractivity contribution >= 4 is 5.69 Å². The highest BCUT2D eigenvalue weighted by molar-refractivity contribution is 5.42. The van der Waals surface area contributed by atoms with Gasteiger partial charge in [-0.1, -0.05) is 0 Å². The predicted octanol–water partition coefficient (Wildman–Crippen LogP) is 1.11. The van der Waals surface area contributed by atoms with Crippen LogP contribution in [0.2, 0.25) is 0 Å². The average Bonchev–Trinajstić information content (AvgIpc) is 2.16. The van der Waals surface area contributed by atoms with Crippen molar-refractivity contribution in [2.75, 3.05) is 0 Å². The van der Waals surface area contributed by atoms with Gasteiger partial charge in [0.15, 0.2) is 0 Å². The molecule has 0 saturated heterocycles. The summed E-state index contributed by atoms with van der Waals surface area (Å²) in [7, 11) is 0. The van der Waals surface area contributed by atoms with Crippen molar-refractivity contribution in [3.63, 3.8) is 0 Å². The Morgan fingerprint density at radius 2 is 2.20 bits per heavy atom. The quantitative estimate of drug-likeness (QED) is 0.582. The van der Waals surface area contributed by atoms with Crippen LogP contribution in [0.3, 0.4) is 0 Å². The van der Waals surface area contributed by atoms with E-state index in [1.54, 1.807) is 0 Å². The van der Waals surface area contributed by atoms with E-state index < -0.39 is 28.6 Å². The molecule has 1 aromatic carbocycles. The Labute approximate surface area is 85.5 Å². The van der Waals surface area contributed by atoms with Crippen LogP contribution in [0.25, 0.3) is 0 Å². The molecule has 0 aliphatic heterocycles. The summed E-state index contributed by atoms with van der Waals surface area (Å²) in [6, 6.07) is 2.18.